The van der Waals surface area contributed by atoms with Crippen LogP contribution in [0.1, 0.15) is 25.0 Å². The molecule has 2 saturated heterocycles. The van der Waals surface area contributed by atoms with E-state index in [-0.39, 0.29) is 5.92 Å². The Morgan fingerprint density at radius 1 is 1.00 bits per heavy atom. The van der Waals surface area contributed by atoms with Gasteiger partial charge in [0.1, 0.15) is 5.75 Å². The number of nitrogens with zero attached hydrogens (tertiary/aromatic N) is 5. The lowest BCUT2D eigenvalue weighted by atomic mass is 10.1. The van der Waals surface area contributed by atoms with Crippen molar-refractivity contribution in [3.05, 3.63) is 48.3 Å². The Bertz CT molecular complexity index is 967. The quantitative estimate of drug-likeness (QED) is 0.628. The van der Waals surface area contributed by atoms with Crippen molar-refractivity contribution in [2.75, 3.05) is 57.0 Å². The highest BCUT2D eigenvalue weighted by Gasteiger charge is 2.28. The predicted octanol–water partition coefficient (Wildman–Crippen LogP) is 2.24. The highest BCUT2D eigenvalue weighted by atomic mass is 32.2. The molecule has 0 amide bonds. The van der Waals surface area contributed by atoms with E-state index in [1.54, 1.807) is 4.31 Å². The zero-order valence-electron chi connectivity index (χ0n) is 18.8. The summed E-state index contributed by atoms with van der Waals surface area (Å²) in [4.78, 5) is 13.8. The molecule has 1 unspecified atom stereocenters. The lowest BCUT2D eigenvalue weighted by molar-refractivity contribution is 0.186. The summed E-state index contributed by atoms with van der Waals surface area (Å²) in [6.45, 7) is 5.51. The van der Waals surface area contributed by atoms with Crippen LogP contribution >= 0.6 is 0 Å². The second-order valence-corrected chi connectivity index (χ2v) is 10.7. The molecule has 4 rings (SSSR count). The molecule has 2 aromatic rings. The van der Waals surface area contributed by atoms with Crippen LogP contribution in [0, 0.1) is 5.92 Å². The number of para-hydroxylation sites is 1. The van der Waals surface area contributed by atoms with Crippen molar-refractivity contribution < 1.29 is 13.2 Å². The zero-order valence-corrected chi connectivity index (χ0v) is 19.6. The molecule has 1 aromatic carbocycles. The third kappa shape index (κ3) is 6.40. The van der Waals surface area contributed by atoms with Crippen molar-refractivity contribution in [1.29, 1.82) is 0 Å². The Kier molecular flexibility index (Phi) is 7.59. The average molecular weight is 460 g/mol. The molecule has 0 spiro atoms. The number of hydrogen-bond donors (Lipinski definition) is 0. The summed E-state index contributed by atoms with van der Waals surface area (Å²) in [6.07, 6.45) is 6.76. The second-order valence-electron chi connectivity index (χ2n) is 8.74. The second kappa shape index (κ2) is 10.6. The van der Waals surface area contributed by atoms with Crippen LogP contribution in [0.5, 0.6) is 5.75 Å². The van der Waals surface area contributed by atoms with Crippen LogP contribution in [0.3, 0.4) is 0 Å². The first-order chi connectivity index (χ1) is 15.5. The Hall–Kier alpha value is -2.23. The summed E-state index contributed by atoms with van der Waals surface area (Å²) in [6, 6.07) is 11.6. The fourth-order valence-corrected chi connectivity index (χ4v) is 5.27. The summed E-state index contributed by atoms with van der Waals surface area (Å²) in [5.74, 6) is 1.67. The molecule has 0 N–H and O–H groups in total. The van der Waals surface area contributed by atoms with Crippen LogP contribution < -0.4 is 9.64 Å². The van der Waals surface area contributed by atoms with Crippen LogP contribution in [0.25, 0.3) is 0 Å². The fourth-order valence-electron chi connectivity index (χ4n) is 4.38. The zero-order chi connectivity index (χ0) is 22.4. The van der Waals surface area contributed by atoms with Crippen LogP contribution in [-0.2, 0) is 16.6 Å². The molecule has 9 heteroatoms. The van der Waals surface area contributed by atoms with Gasteiger partial charge in [0, 0.05) is 57.9 Å². The van der Waals surface area contributed by atoms with Gasteiger partial charge in [0.05, 0.1) is 18.6 Å². The average Bonchev–Trinajstić information content (AvgIpc) is 3.01. The number of piperidine rings is 1. The molecule has 1 aromatic heterocycles. The molecule has 0 aliphatic carbocycles. The first-order valence-electron chi connectivity index (χ1n) is 11.4. The Labute approximate surface area is 191 Å². The molecule has 0 bridgehead atoms. The molecular formula is C23H33N5O3S. The van der Waals surface area contributed by atoms with Crippen molar-refractivity contribution >= 4 is 16.0 Å². The van der Waals surface area contributed by atoms with E-state index < -0.39 is 10.0 Å². The van der Waals surface area contributed by atoms with Crippen molar-refractivity contribution in [3.63, 3.8) is 0 Å². The van der Waals surface area contributed by atoms with Crippen molar-refractivity contribution in [2.45, 2.75) is 25.8 Å². The lowest BCUT2D eigenvalue weighted by Gasteiger charge is -2.27. The predicted molar refractivity (Wildman–Crippen MR) is 125 cm³/mol. The van der Waals surface area contributed by atoms with Gasteiger partial charge in [0.2, 0.25) is 16.0 Å². The number of benzene rings is 1. The van der Waals surface area contributed by atoms with Crippen LogP contribution in [0.4, 0.5) is 5.95 Å². The largest absolute Gasteiger partial charge is 0.493 e. The molecule has 174 valence electrons. The maximum absolute atomic E-state index is 12.3. The molecule has 1 atom stereocenters. The smallest absolute Gasteiger partial charge is 0.225 e. The standard InChI is InChI=1S/C23H33N5O3S/c1-32(29,30)28-15-14-26(16-20(17-28)19-31-22-8-4-2-5-9-22)18-21-10-11-24-23(25-21)27-12-6-3-7-13-27/h2,4-5,8-11,20H,3,6-7,12-19H2,1H3. The fraction of sp³-hybridized carbons (Fsp3) is 0.565. The number of hydrogen-bond acceptors (Lipinski definition) is 7. The van der Waals surface area contributed by atoms with Gasteiger partial charge in [-0.15, -0.1) is 0 Å². The van der Waals surface area contributed by atoms with Crippen molar-refractivity contribution in [2.24, 2.45) is 5.92 Å². The topological polar surface area (TPSA) is 78.9 Å². The highest BCUT2D eigenvalue weighted by Crippen LogP contribution is 2.19. The molecule has 8 nitrogen and oxygen atoms in total. The molecule has 2 fully saturated rings. The first-order valence-corrected chi connectivity index (χ1v) is 13.2. The first kappa shape index (κ1) is 22.9. The van der Waals surface area contributed by atoms with E-state index in [4.69, 9.17) is 9.72 Å². The lowest BCUT2D eigenvalue weighted by Crippen LogP contribution is -2.36. The van der Waals surface area contributed by atoms with Gasteiger partial charge in [-0.3, -0.25) is 4.90 Å². The molecule has 32 heavy (non-hydrogen) atoms. The summed E-state index contributed by atoms with van der Waals surface area (Å²) in [5.41, 5.74) is 0.969. The van der Waals surface area contributed by atoms with Gasteiger partial charge in [-0.25, -0.2) is 22.7 Å². The van der Waals surface area contributed by atoms with Gasteiger partial charge in [0.15, 0.2) is 0 Å². The van der Waals surface area contributed by atoms with Gasteiger partial charge < -0.3 is 9.64 Å². The van der Waals surface area contributed by atoms with Crippen LogP contribution in [0.15, 0.2) is 42.6 Å². The third-order valence-electron chi connectivity index (χ3n) is 6.07. The van der Waals surface area contributed by atoms with Gasteiger partial charge in [-0.1, -0.05) is 18.2 Å². The summed E-state index contributed by atoms with van der Waals surface area (Å²) in [5, 5.41) is 0. The Morgan fingerprint density at radius 2 is 1.78 bits per heavy atom. The maximum Gasteiger partial charge on any atom is 0.225 e. The number of ether oxygens (including phenoxy) is 1. The minimum absolute atomic E-state index is 0.0656. The molecule has 0 saturated carbocycles. The molecule has 2 aliphatic heterocycles. The molecular weight excluding hydrogens is 426 g/mol. The Morgan fingerprint density at radius 3 is 2.53 bits per heavy atom. The Balaban J connectivity index is 1.44. The minimum Gasteiger partial charge on any atom is -0.493 e. The molecule has 2 aliphatic rings. The van der Waals surface area contributed by atoms with Gasteiger partial charge >= 0.3 is 0 Å². The third-order valence-corrected chi connectivity index (χ3v) is 7.34. The number of sulfonamides is 1. The van der Waals surface area contributed by atoms with Crippen LogP contribution in [0.2, 0.25) is 0 Å². The van der Waals surface area contributed by atoms with E-state index in [2.05, 4.69) is 14.8 Å². The summed E-state index contributed by atoms with van der Waals surface area (Å²) < 4.78 is 32.1. The van der Waals surface area contributed by atoms with E-state index in [1.807, 2.05) is 42.6 Å². The van der Waals surface area contributed by atoms with Crippen molar-refractivity contribution in [3.8, 4) is 5.75 Å². The van der Waals surface area contributed by atoms with Gasteiger partial charge in [-0.2, -0.15) is 0 Å². The van der Waals surface area contributed by atoms with E-state index in [1.165, 1.54) is 25.5 Å². The van der Waals surface area contributed by atoms with Gasteiger partial charge in [0.25, 0.3) is 0 Å². The van der Waals surface area contributed by atoms with Crippen LogP contribution in [-0.4, -0.2) is 79.7 Å². The molecule has 3 heterocycles. The SMILES string of the molecule is CS(=O)(=O)N1CCN(Cc2ccnc(N3CCCCC3)n2)CC(COc2ccccc2)C1. The normalized spacial score (nSPS) is 21.3. The highest BCUT2D eigenvalue weighted by molar-refractivity contribution is 7.88. The van der Waals surface area contributed by atoms with E-state index >= 15 is 0 Å². The maximum atomic E-state index is 12.3. The summed E-state index contributed by atoms with van der Waals surface area (Å²) in [7, 11) is -3.26. The van der Waals surface area contributed by atoms with E-state index in [0.29, 0.717) is 32.8 Å². The number of aromatic nitrogens is 2. The molecule has 0 radical (unpaired) electrons. The number of anilines is 1. The minimum atomic E-state index is -3.26. The van der Waals surface area contributed by atoms with E-state index in [9.17, 15) is 8.42 Å². The summed E-state index contributed by atoms with van der Waals surface area (Å²) >= 11 is 0. The monoisotopic (exact) mass is 459 g/mol. The van der Waals surface area contributed by atoms with E-state index in [0.717, 1.165) is 37.0 Å². The van der Waals surface area contributed by atoms with Gasteiger partial charge in [-0.05, 0) is 37.5 Å². The number of rotatable bonds is 7. The van der Waals surface area contributed by atoms with Crippen molar-refractivity contribution in [1.82, 2.24) is 19.2 Å².